The zero-order valence-corrected chi connectivity index (χ0v) is 21.1. The van der Waals surface area contributed by atoms with Crippen LogP contribution in [0.15, 0.2) is 30.3 Å². The highest BCUT2D eigenvalue weighted by molar-refractivity contribution is 6.74. The Hall–Kier alpha value is -1.25. The molecule has 1 aromatic rings. The zero-order valence-electron chi connectivity index (χ0n) is 20.1. The number of carbonyl (C=O) groups excluding carboxylic acids is 1. The third-order valence-electron chi connectivity index (χ3n) is 6.97. The highest BCUT2D eigenvalue weighted by atomic mass is 28.4. The van der Waals surface area contributed by atoms with Crippen LogP contribution in [0.2, 0.25) is 18.1 Å². The second kappa shape index (κ2) is 10.1. The van der Waals surface area contributed by atoms with Crippen LogP contribution in [0.4, 0.5) is 0 Å². The molecule has 0 aromatic heterocycles. The van der Waals surface area contributed by atoms with E-state index in [0.717, 1.165) is 5.56 Å². The van der Waals surface area contributed by atoms with Gasteiger partial charge in [-0.05, 0) is 23.7 Å². The van der Waals surface area contributed by atoms with Crippen molar-refractivity contribution in [2.24, 2.45) is 11.8 Å². The normalized spacial score (nSPS) is 26.9. The average molecular weight is 453 g/mol. The van der Waals surface area contributed by atoms with Crippen molar-refractivity contribution in [2.45, 2.75) is 83.6 Å². The fraction of sp³-hybridized carbons (Fsp3) is 0.708. The van der Waals surface area contributed by atoms with E-state index in [-0.39, 0.29) is 24.0 Å². The van der Waals surface area contributed by atoms with Gasteiger partial charge in [0.05, 0.1) is 13.2 Å². The Morgan fingerprint density at radius 3 is 2.39 bits per heavy atom. The summed E-state index contributed by atoms with van der Waals surface area (Å²) in [7, 11) is -1.94. The van der Waals surface area contributed by atoms with Gasteiger partial charge in [-0.25, -0.2) is 4.79 Å². The summed E-state index contributed by atoms with van der Waals surface area (Å²) in [4.78, 5) is 12.4. The molecule has 0 unspecified atom stereocenters. The number of hydrogen-bond acceptors (Lipinski definition) is 6. The lowest BCUT2D eigenvalue weighted by molar-refractivity contribution is -0.217. The Labute approximate surface area is 188 Å². The summed E-state index contributed by atoms with van der Waals surface area (Å²) in [6.45, 7) is 15.7. The van der Waals surface area contributed by atoms with E-state index in [1.165, 1.54) is 0 Å². The van der Waals surface area contributed by atoms with E-state index in [1.54, 1.807) is 6.92 Å². The van der Waals surface area contributed by atoms with Crippen LogP contribution in [0.3, 0.4) is 0 Å². The molecular weight excluding hydrogens is 412 g/mol. The van der Waals surface area contributed by atoms with E-state index in [1.807, 2.05) is 37.3 Å². The number of benzene rings is 1. The number of esters is 1. The molecule has 1 heterocycles. The summed E-state index contributed by atoms with van der Waals surface area (Å²) in [6, 6.07) is 9.75. The van der Waals surface area contributed by atoms with Crippen molar-refractivity contribution < 1.29 is 28.9 Å². The van der Waals surface area contributed by atoms with Gasteiger partial charge in [-0.3, -0.25) is 0 Å². The molecule has 5 atom stereocenters. The standard InChI is InChI=1S/C24H40O6Si/c1-17(14-29-31(6,7)23(3,4)5)20-13-24(27,21(25)22(26)30-20)18(2)15-28-16-19-11-9-8-10-12-19/h8-12,17-18,20-21,25,27H,13-16H2,1-7H3/t17-,18+,20-,21-,24-/m0/s1. The largest absolute Gasteiger partial charge is 0.460 e. The van der Waals surface area contributed by atoms with Crippen LogP contribution in [0.5, 0.6) is 0 Å². The predicted octanol–water partition coefficient (Wildman–Crippen LogP) is 3.90. The molecule has 0 saturated carbocycles. The van der Waals surface area contributed by atoms with Crippen LogP contribution >= 0.6 is 0 Å². The predicted molar refractivity (Wildman–Crippen MR) is 123 cm³/mol. The molecule has 7 heteroatoms. The van der Waals surface area contributed by atoms with Gasteiger partial charge in [-0.15, -0.1) is 0 Å². The van der Waals surface area contributed by atoms with Gasteiger partial charge in [0.15, 0.2) is 14.4 Å². The van der Waals surface area contributed by atoms with Gasteiger partial charge in [0, 0.05) is 24.9 Å². The highest BCUT2D eigenvalue weighted by Crippen LogP contribution is 2.39. The van der Waals surface area contributed by atoms with Crippen LogP contribution in [-0.4, -0.2) is 55.5 Å². The highest BCUT2D eigenvalue weighted by Gasteiger charge is 2.53. The number of carbonyl (C=O) groups is 1. The quantitative estimate of drug-likeness (QED) is 0.437. The van der Waals surface area contributed by atoms with Crippen LogP contribution in [0.25, 0.3) is 0 Å². The molecule has 0 amide bonds. The van der Waals surface area contributed by atoms with Gasteiger partial charge in [0.1, 0.15) is 11.7 Å². The van der Waals surface area contributed by atoms with E-state index in [9.17, 15) is 15.0 Å². The molecule has 1 saturated heterocycles. The maximum atomic E-state index is 12.4. The third kappa shape index (κ3) is 6.39. The van der Waals surface area contributed by atoms with Gasteiger partial charge in [-0.1, -0.05) is 65.0 Å². The maximum Gasteiger partial charge on any atom is 0.338 e. The molecule has 1 aliphatic rings. The molecule has 0 aliphatic carbocycles. The lowest BCUT2D eigenvalue weighted by Gasteiger charge is -2.45. The zero-order chi connectivity index (χ0) is 23.4. The van der Waals surface area contributed by atoms with Gasteiger partial charge in [0.25, 0.3) is 0 Å². The van der Waals surface area contributed by atoms with E-state index < -0.39 is 38.0 Å². The smallest absolute Gasteiger partial charge is 0.338 e. The summed E-state index contributed by atoms with van der Waals surface area (Å²) in [6.07, 6.45) is -1.97. The average Bonchev–Trinajstić information content (AvgIpc) is 2.69. The Balaban J connectivity index is 1.99. The van der Waals surface area contributed by atoms with Crippen molar-refractivity contribution in [3.8, 4) is 0 Å². The molecule has 176 valence electrons. The molecular formula is C24H40O6Si. The summed E-state index contributed by atoms with van der Waals surface area (Å²) >= 11 is 0. The Morgan fingerprint density at radius 1 is 1.19 bits per heavy atom. The monoisotopic (exact) mass is 452 g/mol. The molecule has 0 radical (unpaired) electrons. The first kappa shape index (κ1) is 26.0. The molecule has 31 heavy (non-hydrogen) atoms. The van der Waals surface area contributed by atoms with Gasteiger partial charge < -0.3 is 24.1 Å². The lowest BCUT2D eigenvalue weighted by Crippen LogP contribution is -2.60. The van der Waals surface area contributed by atoms with Gasteiger partial charge in [0.2, 0.25) is 0 Å². The van der Waals surface area contributed by atoms with Crippen LogP contribution in [0, 0.1) is 11.8 Å². The second-order valence-corrected chi connectivity index (χ2v) is 15.3. The summed E-state index contributed by atoms with van der Waals surface area (Å²) in [5.41, 5.74) is -0.582. The SMILES string of the molecule is C[C@H](COCc1ccccc1)[C@@]1(O)C[C@@H]([C@@H](C)CO[Si](C)(C)C(C)(C)C)OC(=O)[C@@H]1O. The van der Waals surface area contributed by atoms with Crippen LogP contribution in [-0.2, 0) is 25.3 Å². The number of hydrogen-bond donors (Lipinski definition) is 2. The summed E-state index contributed by atoms with van der Waals surface area (Å²) in [5.74, 6) is -1.34. The van der Waals surface area contributed by atoms with Crippen LogP contribution < -0.4 is 0 Å². The number of ether oxygens (including phenoxy) is 2. The fourth-order valence-electron chi connectivity index (χ4n) is 3.42. The molecule has 1 fully saturated rings. The minimum absolute atomic E-state index is 0.0809. The number of rotatable bonds is 9. The van der Waals surface area contributed by atoms with Crippen molar-refractivity contribution in [2.75, 3.05) is 13.2 Å². The van der Waals surface area contributed by atoms with Crippen molar-refractivity contribution >= 4 is 14.3 Å². The minimum Gasteiger partial charge on any atom is -0.460 e. The second-order valence-electron chi connectivity index (χ2n) is 10.5. The number of aliphatic hydroxyl groups is 2. The Morgan fingerprint density at radius 2 is 1.81 bits per heavy atom. The molecule has 1 aromatic carbocycles. The topological polar surface area (TPSA) is 85.2 Å². The summed E-state index contributed by atoms with van der Waals surface area (Å²) in [5, 5.41) is 21.8. The fourth-order valence-corrected chi connectivity index (χ4v) is 4.53. The molecule has 2 rings (SSSR count). The molecule has 2 N–H and O–H groups in total. The number of cyclic esters (lactones) is 1. The van der Waals surface area contributed by atoms with Crippen molar-refractivity contribution in [1.82, 2.24) is 0 Å². The first-order valence-electron chi connectivity index (χ1n) is 11.1. The first-order chi connectivity index (χ1) is 14.3. The summed E-state index contributed by atoms with van der Waals surface area (Å²) < 4.78 is 17.5. The molecule has 1 aliphatic heterocycles. The number of aliphatic hydroxyl groups excluding tert-OH is 1. The van der Waals surface area contributed by atoms with Gasteiger partial charge in [-0.2, -0.15) is 0 Å². The first-order valence-corrected chi connectivity index (χ1v) is 14.1. The minimum atomic E-state index is -1.94. The van der Waals surface area contributed by atoms with E-state index in [0.29, 0.717) is 13.2 Å². The van der Waals surface area contributed by atoms with Gasteiger partial charge >= 0.3 is 5.97 Å². The molecule has 0 spiro atoms. The molecule has 6 nitrogen and oxygen atoms in total. The van der Waals surface area contributed by atoms with E-state index in [4.69, 9.17) is 13.9 Å². The van der Waals surface area contributed by atoms with E-state index in [2.05, 4.69) is 33.9 Å². The van der Waals surface area contributed by atoms with Crippen LogP contribution in [0.1, 0.15) is 46.6 Å². The van der Waals surface area contributed by atoms with E-state index >= 15 is 0 Å². The third-order valence-corrected chi connectivity index (χ3v) is 11.5. The molecule has 0 bridgehead atoms. The Kier molecular flexibility index (Phi) is 8.50. The Bertz CT molecular complexity index is 717. The maximum absolute atomic E-state index is 12.4. The van der Waals surface area contributed by atoms with Crippen molar-refractivity contribution in [3.63, 3.8) is 0 Å². The van der Waals surface area contributed by atoms with Crippen molar-refractivity contribution in [3.05, 3.63) is 35.9 Å². The lowest BCUT2D eigenvalue weighted by atomic mass is 9.76. The van der Waals surface area contributed by atoms with Crippen molar-refractivity contribution in [1.29, 1.82) is 0 Å².